The summed E-state index contributed by atoms with van der Waals surface area (Å²) in [6, 6.07) is 4.50. The van der Waals surface area contributed by atoms with Gasteiger partial charge in [-0.25, -0.2) is 9.18 Å². The highest BCUT2D eigenvalue weighted by Gasteiger charge is 2.32. The summed E-state index contributed by atoms with van der Waals surface area (Å²) in [5.41, 5.74) is 0.220. The third-order valence-corrected chi connectivity index (χ3v) is 3.21. The van der Waals surface area contributed by atoms with Crippen LogP contribution in [0.5, 0.6) is 0 Å². The number of carbonyl (C=O) groups is 1. The maximum Gasteiger partial charge on any atom is 0.329 e. The monoisotopic (exact) mass is 267 g/mol. The summed E-state index contributed by atoms with van der Waals surface area (Å²) in [6.45, 7) is 5.50. The van der Waals surface area contributed by atoms with E-state index in [2.05, 4.69) is 12.2 Å². The van der Waals surface area contributed by atoms with Gasteiger partial charge >= 0.3 is 5.97 Å². The van der Waals surface area contributed by atoms with Crippen molar-refractivity contribution in [3.63, 3.8) is 0 Å². The van der Waals surface area contributed by atoms with Crippen molar-refractivity contribution in [3.8, 4) is 0 Å². The van der Waals surface area contributed by atoms with E-state index in [0.29, 0.717) is 12.1 Å². The van der Waals surface area contributed by atoms with Gasteiger partial charge in [-0.05, 0) is 44.0 Å². The molecule has 0 saturated heterocycles. The average Bonchev–Trinajstić information content (AvgIpc) is 2.27. The zero-order chi connectivity index (χ0) is 14.5. The lowest BCUT2D eigenvalue weighted by Crippen LogP contribution is -2.43. The molecule has 0 heterocycles. The molecule has 19 heavy (non-hydrogen) atoms. The molecule has 1 unspecified atom stereocenters. The Labute approximate surface area is 113 Å². The molecule has 0 aliphatic rings. The summed E-state index contributed by atoms with van der Waals surface area (Å²) in [7, 11) is 0. The van der Waals surface area contributed by atoms with Crippen LogP contribution in [0.4, 0.5) is 10.1 Å². The molecule has 106 valence electrons. The molecule has 0 aliphatic carbocycles. The number of carboxylic acid groups (broad SMARTS) is 1. The second kappa shape index (κ2) is 6.55. The van der Waals surface area contributed by atoms with Crippen LogP contribution < -0.4 is 5.32 Å². The van der Waals surface area contributed by atoms with Gasteiger partial charge in [0.05, 0.1) is 0 Å². The van der Waals surface area contributed by atoms with Crippen LogP contribution >= 0.6 is 0 Å². The maximum atomic E-state index is 13.3. The number of halogens is 1. The Balaban J connectivity index is 2.85. The van der Waals surface area contributed by atoms with Gasteiger partial charge in [0.2, 0.25) is 0 Å². The van der Waals surface area contributed by atoms with Gasteiger partial charge < -0.3 is 10.4 Å². The van der Waals surface area contributed by atoms with Crippen molar-refractivity contribution >= 4 is 11.7 Å². The zero-order valence-corrected chi connectivity index (χ0v) is 11.8. The zero-order valence-electron chi connectivity index (χ0n) is 11.8. The molecule has 0 saturated carbocycles. The van der Waals surface area contributed by atoms with E-state index in [-0.39, 0.29) is 5.82 Å². The molecule has 2 N–H and O–H groups in total. The summed E-state index contributed by atoms with van der Waals surface area (Å²) >= 11 is 0. The number of unbranched alkanes of at least 4 members (excludes halogenated alkanes) is 2. The molecular weight excluding hydrogens is 245 g/mol. The lowest BCUT2D eigenvalue weighted by molar-refractivity contribution is -0.142. The number of benzene rings is 1. The summed E-state index contributed by atoms with van der Waals surface area (Å²) in [6.07, 6.45) is 3.38. The fourth-order valence-corrected chi connectivity index (χ4v) is 2.08. The summed E-state index contributed by atoms with van der Waals surface area (Å²) in [5, 5.41) is 12.3. The van der Waals surface area contributed by atoms with E-state index in [1.165, 1.54) is 12.1 Å². The molecule has 0 amide bonds. The van der Waals surface area contributed by atoms with Gasteiger partial charge in [0, 0.05) is 5.69 Å². The van der Waals surface area contributed by atoms with Gasteiger partial charge in [0.1, 0.15) is 11.4 Å². The molecule has 4 heteroatoms. The molecule has 1 rings (SSSR count). The molecule has 0 radical (unpaired) electrons. The Morgan fingerprint density at radius 2 is 2.05 bits per heavy atom. The quantitative estimate of drug-likeness (QED) is 0.735. The van der Waals surface area contributed by atoms with Crippen LogP contribution in [0, 0.1) is 12.7 Å². The molecule has 1 aromatic rings. The number of aliphatic carboxylic acids is 1. The fourth-order valence-electron chi connectivity index (χ4n) is 2.08. The molecule has 3 nitrogen and oxygen atoms in total. The molecule has 1 atom stereocenters. The second-order valence-electron chi connectivity index (χ2n) is 5.24. The van der Waals surface area contributed by atoms with Crippen molar-refractivity contribution in [2.24, 2.45) is 0 Å². The fraction of sp³-hybridized carbons (Fsp3) is 0.533. The standard InChI is InChI=1S/C15H22FNO2/c1-4-5-6-7-15(3,14(18)19)17-13-9-11(2)8-12(16)10-13/h8-10,17H,4-7H2,1-3H3,(H,18,19). The van der Waals surface area contributed by atoms with E-state index < -0.39 is 11.5 Å². The van der Waals surface area contributed by atoms with Crippen LogP contribution in [-0.2, 0) is 4.79 Å². The Morgan fingerprint density at radius 3 is 2.58 bits per heavy atom. The first-order chi connectivity index (χ1) is 8.87. The number of nitrogens with one attached hydrogen (secondary N) is 1. The van der Waals surface area contributed by atoms with E-state index >= 15 is 0 Å². The highest BCUT2D eigenvalue weighted by molar-refractivity contribution is 5.82. The van der Waals surface area contributed by atoms with Crippen LogP contribution in [0.2, 0.25) is 0 Å². The van der Waals surface area contributed by atoms with Crippen LogP contribution in [0.25, 0.3) is 0 Å². The summed E-state index contributed by atoms with van der Waals surface area (Å²) in [4.78, 5) is 11.4. The Bertz CT molecular complexity index is 428. The van der Waals surface area contributed by atoms with E-state index in [0.717, 1.165) is 24.8 Å². The maximum absolute atomic E-state index is 13.3. The summed E-state index contributed by atoms with van der Waals surface area (Å²) < 4.78 is 13.3. The number of rotatable bonds is 7. The molecule has 0 spiro atoms. The van der Waals surface area contributed by atoms with E-state index in [1.54, 1.807) is 19.9 Å². The smallest absolute Gasteiger partial charge is 0.329 e. The Kier molecular flexibility index (Phi) is 5.33. The van der Waals surface area contributed by atoms with Crippen molar-refractivity contribution in [2.45, 2.75) is 52.0 Å². The van der Waals surface area contributed by atoms with Crippen molar-refractivity contribution in [3.05, 3.63) is 29.6 Å². The van der Waals surface area contributed by atoms with E-state index in [4.69, 9.17) is 0 Å². The van der Waals surface area contributed by atoms with Gasteiger partial charge in [-0.3, -0.25) is 0 Å². The first-order valence-electron chi connectivity index (χ1n) is 6.66. The topological polar surface area (TPSA) is 49.3 Å². The minimum atomic E-state index is -1.06. The minimum Gasteiger partial charge on any atom is -0.480 e. The van der Waals surface area contributed by atoms with Crippen molar-refractivity contribution in [1.29, 1.82) is 0 Å². The minimum absolute atomic E-state index is 0.358. The van der Waals surface area contributed by atoms with Gasteiger partial charge in [-0.15, -0.1) is 0 Å². The van der Waals surface area contributed by atoms with E-state index in [1.807, 2.05) is 0 Å². The number of anilines is 1. The number of aryl methyl sites for hydroxylation is 1. The largest absolute Gasteiger partial charge is 0.480 e. The normalized spacial score (nSPS) is 13.9. The van der Waals surface area contributed by atoms with Gasteiger partial charge in [-0.2, -0.15) is 0 Å². The van der Waals surface area contributed by atoms with Gasteiger partial charge in [-0.1, -0.05) is 26.2 Å². The molecule has 0 fully saturated rings. The predicted octanol–water partition coefficient (Wildman–Crippen LogP) is 3.97. The first-order valence-corrected chi connectivity index (χ1v) is 6.66. The summed E-state index contributed by atoms with van der Waals surface area (Å²) in [5.74, 6) is -1.27. The highest BCUT2D eigenvalue weighted by Crippen LogP contribution is 2.23. The Hall–Kier alpha value is -1.58. The van der Waals surface area contributed by atoms with Gasteiger partial charge in [0.15, 0.2) is 0 Å². The number of hydrogen-bond acceptors (Lipinski definition) is 2. The third kappa shape index (κ3) is 4.54. The van der Waals surface area contributed by atoms with Crippen molar-refractivity contribution < 1.29 is 14.3 Å². The molecule has 0 bridgehead atoms. The molecule has 0 aromatic heterocycles. The molecular formula is C15H22FNO2. The van der Waals surface area contributed by atoms with Crippen LogP contribution in [0.3, 0.4) is 0 Å². The SMILES string of the molecule is CCCCCC(C)(Nc1cc(C)cc(F)c1)C(=O)O. The number of hydrogen-bond donors (Lipinski definition) is 2. The molecule has 1 aromatic carbocycles. The lowest BCUT2D eigenvalue weighted by atomic mass is 9.94. The van der Waals surface area contributed by atoms with Crippen molar-refractivity contribution in [1.82, 2.24) is 0 Å². The highest BCUT2D eigenvalue weighted by atomic mass is 19.1. The average molecular weight is 267 g/mol. The third-order valence-electron chi connectivity index (χ3n) is 3.21. The molecule has 0 aliphatic heterocycles. The van der Waals surface area contributed by atoms with Crippen LogP contribution in [-0.4, -0.2) is 16.6 Å². The van der Waals surface area contributed by atoms with Gasteiger partial charge in [0.25, 0.3) is 0 Å². The lowest BCUT2D eigenvalue weighted by Gasteiger charge is -2.27. The number of carboxylic acids is 1. The van der Waals surface area contributed by atoms with Crippen LogP contribution in [0.1, 0.15) is 45.1 Å². The van der Waals surface area contributed by atoms with Crippen LogP contribution in [0.15, 0.2) is 18.2 Å². The Morgan fingerprint density at radius 1 is 1.37 bits per heavy atom. The second-order valence-corrected chi connectivity index (χ2v) is 5.24. The van der Waals surface area contributed by atoms with Crippen molar-refractivity contribution in [2.75, 3.05) is 5.32 Å². The van der Waals surface area contributed by atoms with E-state index in [9.17, 15) is 14.3 Å². The predicted molar refractivity (Wildman–Crippen MR) is 74.9 cm³/mol. The first kappa shape index (κ1) is 15.5.